The molecule has 0 saturated heterocycles. The molecule has 0 bridgehead atoms. The number of hydrazine groups is 2. The van der Waals surface area contributed by atoms with Gasteiger partial charge in [0.05, 0.1) is 11.1 Å². The molecule has 0 aliphatic heterocycles. The lowest BCUT2D eigenvalue weighted by molar-refractivity contribution is -0.126. The summed E-state index contributed by atoms with van der Waals surface area (Å²) in [5.74, 6) is -2.60. The van der Waals surface area contributed by atoms with Gasteiger partial charge >= 0.3 is 0 Å². The third-order valence-corrected chi connectivity index (χ3v) is 8.85. The van der Waals surface area contributed by atoms with Crippen LogP contribution in [0.5, 0.6) is 11.5 Å². The van der Waals surface area contributed by atoms with E-state index in [1.807, 2.05) is 19.1 Å². The fourth-order valence-electron chi connectivity index (χ4n) is 5.62. The highest BCUT2D eigenvalue weighted by Gasteiger charge is 2.20. The number of carbonyl (C=O) groups excluding carboxylic acids is 4. The Morgan fingerprint density at radius 2 is 1.04 bits per heavy atom. The summed E-state index contributed by atoms with van der Waals surface area (Å²) in [6, 6.07) is 10.0. The summed E-state index contributed by atoms with van der Waals surface area (Å²) in [5, 5.41) is 20.4. The highest BCUT2D eigenvalue weighted by Crippen LogP contribution is 2.22. The molecule has 0 heterocycles. The Hall–Kier alpha value is -4.08. The second kappa shape index (κ2) is 22.5. The SMILES string of the molecule is CCCCCCc1ccc(O)c(C(=O)NNC(=O)C(C)CCCCCC(CC)C(=O)NNC(=O)c2cc(CCCCCC)ccc2O)c1. The number of carbonyl (C=O) groups is 4. The maximum atomic E-state index is 12.8. The van der Waals surface area contributed by atoms with Gasteiger partial charge in [0.2, 0.25) is 11.8 Å². The molecule has 0 fully saturated rings. The van der Waals surface area contributed by atoms with Gasteiger partial charge in [-0.1, -0.05) is 97.6 Å². The Kier molecular flexibility index (Phi) is 18.8. The zero-order valence-electron chi connectivity index (χ0n) is 29.5. The first-order valence-electron chi connectivity index (χ1n) is 17.9. The van der Waals surface area contributed by atoms with Crippen LogP contribution in [0.15, 0.2) is 36.4 Å². The molecule has 0 aliphatic rings. The third-order valence-electron chi connectivity index (χ3n) is 8.85. The van der Waals surface area contributed by atoms with Crippen molar-refractivity contribution >= 4 is 23.6 Å². The normalized spacial score (nSPS) is 12.2. The van der Waals surface area contributed by atoms with Crippen molar-refractivity contribution < 1.29 is 29.4 Å². The van der Waals surface area contributed by atoms with E-state index >= 15 is 0 Å². The minimum Gasteiger partial charge on any atom is -0.507 e. The summed E-state index contributed by atoms with van der Waals surface area (Å²) < 4.78 is 0. The first-order valence-corrected chi connectivity index (χ1v) is 17.9. The number of benzene rings is 2. The van der Waals surface area contributed by atoms with Gasteiger partial charge in [0.25, 0.3) is 11.8 Å². The van der Waals surface area contributed by atoms with Gasteiger partial charge in [-0.05, 0) is 80.3 Å². The van der Waals surface area contributed by atoms with E-state index in [0.717, 1.165) is 94.6 Å². The average Bonchev–Trinajstić information content (AvgIpc) is 3.08. The van der Waals surface area contributed by atoms with Crippen LogP contribution >= 0.6 is 0 Å². The first-order chi connectivity index (χ1) is 23.1. The van der Waals surface area contributed by atoms with E-state index in [-0.39, 0.29) is 46.3 Å². The van der Waals surface area contributed by atoms with E-state index in [1.165, 1.54) is 12.1 Å². The lowest BCUT2D eigenvalue weighted by atomic mass is 9.96. The standard InChI is InChI=1S/C38H58N4O6/c1-5-8-10-14-18-28-21-23-33(43)31(25-28)37(47)41-39-35(45)27(4)17-13-12-16-20-30(7-3)36(46)40-42-38(48)32-26-29(22-24-34(32)44)19-15-11-9-6-2/h21-27,30,43-44H,5-20H2,1-4H3,(H,39,45)(H,40,46)(H,41,47)(H,42,48). The van der Waals surface area contributed by atoms with Crippen LogP contribution < -0.4 is 21.7 Å². The van der Waals surface area contributed by atoms with Crippen LogP contribution in [0.2, 0.25) is 0 Å². The van der Waals surface area contributed by atoms with Gasteiger partial charge in [-0.2, -0.15) is 0 Å². The smallest absolute Gasteiger partial charge is 0.273 e. The highest BCUT2D eigenvalue weighted by molar-refractivity contribution is 5.98. The van der Waals surface area contributed by atoms with Crippen LogP contribution in [-0.2, 0) is 22.4 Å². The van der Waals surface area contributed by atoms with Crippen molar-refractivity contribution in [1.29, 1.82) is 0 Å². The lowest BCUT2D eigenvalue weighted by Gasteiger charge is -2.16. The van der Waals surface area contributed by atoms with Crippen LogP contribution in [0.4, 0.5) is 0 Å². The molecule has 2 aromatic carbocycles. The fraction of sp³-hybridized carbons (Fsp3) is 0.579. The summed E-state index contributed by atoms with van der Waals surface area (Å²) in [4.78, 5) is 50.7. The van der Waals surface area contributed by atoms with Gasteiger partial charge in [0, 0.05) is 11.8 Å². The molecular formula is C38H58N4O6. The Bertz CT molecular complexity index is 1310. The maximum absolute atomic E-state index is 12.8. The number of aromatic hydroxyl groups is 2. The molecule has 2 aromatic rings. The van der Waals surface area contributed by atoms with Crippen LogP contribution in [-0.4, -0.2) is 33.8 Å². The number of phenols is 2. The molecule has 0 saturated carbocycles. The van der Waals surface area contributed by atoms with Crippen molar-refractivity contribution in [3.05, 3.63) is 58.7 Å². The van der Waals surface area contributed by atoms with E-state index in [2.05, 4.69) is 35.6 Å². The topological polar surface area (TPSA) is 157 Å². The minimum absolute atomic E-state index is 0.130. The molecule has 10 nitrogen and oxygen atoms in total. The quantitative estimate of drug-likeness (QED) is 0.0612. The number of nitrogens with one attached hydrogen (secondary N) is 4. The monoisotopic (exact) mass is 666 g/mol. The van der Waals surface area contributed by atoms with Crippen molar-refractivity contribution in [3.63, 3.8) is 0 Å². The molecule has 2 rings (SSSR count). The van der Waals surface area contributed by atoms with Crippen molar-refractivity contribution in [2.45, 2.75) is 130 Å². The number of amides is 4. The fourth-order valence-corrected chi connectivity index (χ4v) is 5.62. The van der Waals surface area contributed by atoms with Gasteiger partial charge < -0.3 is 10.2 Å². The molecule has 0 spiro atoms. The van der Waals surface area contributed by atoms with Crippen molar-refractivity contribution in [3.8, 4) is 11.5 Å². The van der Waals surface area contributed by atoms with Crippen LogP contribution in [0.3, 0.4) is 0 Å². The molecule has 0 aromatic heterocycles. The summed E-state index contributed by atoms with van der Waals surface area (Å²) >= 11 is 0. The van der Waals surface area contributed by atoms with E-state index in [1.54, 1.807) is 19.1 Å². The van der Waals surface area contributed by atoms with E-state index < -0.39 is 11.8 Å². The van der Waals surface area contributed by atoms with Crippen LogP contribution in [0.25, 0.3) is 0 Å². The van der Waals surface area contributed by atoms with Crippen molar-refractivity contribution in [2.75, 3.05) is 0 Å². The lowest BCUT2D eigenvalue weighted by Crippen LogP contribution is -2.44. The number of aryl methyl sites for hydroxylation is 2. The highest BCUT2D eigenvalue weighted by atomic mass is 16.3. The summed E-state index contributed by atoms with van der Waals surface area (Å²) in [7, 11) is 0. The second-order valence-corrected chi connectivity index (χ2v) is 12.9. The Morgan fingerprint density at radius 3 is 1.52 bits per heavy atom. The average molecular weight is 667 g/mol. The number of hydrogen-bond donors (Lipinski definition) is 6. The van der Waals surface area contributed by atoms with Gasteiger partial charge in [-0.15, -0.1) is 0 Å². The second-order valence-electron chi connectivity index (χ2n) is 12.9. The van der Waals surface area contributed by atoms with E-state index in [0.29, 0.717) is 19.3 Å². The molecule has 0 aliphatic carbocycles. The van der Waals surface area contributed by atoms with E-state index in [9.17, 15) is 29.4 Å². The number of phenolic OH excluding ortho intramolecular Hbond substituents is 2. The Balaban J connectivity index is 1.70. The minimum atomic E-state index is -0.563. The van der Waals surface area contributed by atoms with Gasteiger partial charge in [-0.3, -0.25) is 40.9 Å². The van der Waals surface area contributed by atoms with Crippen molar-refractivity contribution in [1.82, 2.24) is 21.7 Å². The predicted molar refractivity (Wildman–Crippen MR) is 189 cm³/mol. The van der Waals surface area contributed by atoms with Crippen LogP contribution in [0, 0.1) is 11.8 Å². The van der Waals surface area contributed by atoms with Gasteiger partial charge in [0.15, 0.2) is 0 Å². The maximum Gasteiger partial charge on any atom is 0.273 e. The molecule has 0 radical (unpaired) electrons. The molecular weight excluding hydrogens is 608 g/mol. The molecule has 6 N–H and O–H groups in total. The third kappa shape index (κ3) is 14.4. The largest absolute Gasteiger partial charge is 0.507 e. The van der Waals surface area contributed by atoms with Gasteiger partial charge in [-0.25, -0.2) is 0 Å². The van der Waals surface area contributed by atoms with E-state index in [4.69, 9.17) is 0 Å². The predicted octanol–water partition coefficient (Wildman–Crippen LogP) is 7.18. The zero-order valence-corrected chi connectivity index (χ0v) is 29.5. The number of rotatable bonds is 21. The molecule has 2 unspecified atom stereocenters. The van der Waals surface area contributed by atoms with Crippen LogP contribution in [0.1, 0.15) is 149 Å². The molecule has 10 heteroatoms. The van der Waals surface area contributed by atoms with Crippen molar-refractivity contribution in [2.24, 2.45) is 11.8 Å². The molecule has 266 valence electrons. The molecule has 4 amide bonds. The molecule has 48 heavy (non-hydrogen) atoms. The van der Waals surface area contributed by atoms with Gasteiger partial charge in [0.1, 0.15) is 11.5 Å². The number of unbranched alkanes of at least 4 members (excludes halogenated alkanes) is 8. The Morgan fingerprint density at radius 1 is 0.583 bits per heavy atom. The summed E-state index contributed by atoms with van der Waals surface area (Å²) in [6.07, 6.45) is 14.7. The summed E-state index contributed by atoms with van der Waals surface area (Å²) in [6.45, 7) is 8.02. The Labute approximate surface area is 286 Å². The summed E-state index contributed by atoms with van der Waals surface area (Å²) in [5.41, 5.74) is 12.1. The molecule has 2 atom stereocenters. The number of hydrogen-bond acceptors (Lipinski definition) is 6. The first kappa shape index (κ1) is 40.1. The zero-order chi connectivity index (χ0) is 35.3.